The molecule has 1 aromatic heterocycles. The molecule has 0 aliphatic heterocycles. The van der Waals surface area contributed by atoms with E-state index in [0.29, 0.717) is 0 Å². The second kappa shape index (κ2) is 11.1. The average molecular weight is 249 g/mol. The van der Waals surface area contributed by atoms with Gasteiger partial charge >= 0.3 is 0 Å². The Bertz CT molecular complexity index is 274. The van der Waals surface area contributed by atoms with E-state index in [-0.39, 0.29) is 0 Å². The van der Waals surface area contributed by atoms with Gasteiger partial charge in [0.25, 0.3) is 0 Å². The first-order chi connectivity index (χ1) is 8.93. The maximum atomic E-state index is 3.99. The van der Waals surface area contributed by atoms with Crippen molar-refractivity contribution in [2.75, 3.05) is 0 Å². The maximum absolute atomic E-state index is 3.99. The number of unbranched alkanes of at least 4 members (excludes halogenated alkanes) is 9. The van der Waals surface area contributed by atoms with Gasteiger partial charge in [-0.05, 0) is 24.1 Å². The van der Waals surface area contributed by atoms with Crippen LogP contribution in [0.1, 0.15) is 76.8 Å². The van der Waals surface area contributed by atoms with E-state index in [1.54, 1.807) is 6.20 Å². The van der Waals surface area contributed by atoms with Gasteiger partial charge in [-0.2, -0.15) is 0 Å². The number of rotatable bonds is 11. The van der Waals surface area contributed by atoms with E-state index in [0.717, 1.165) is 12.1 Å². The molecule has 0 radical (unpaired) electrons. The predicted molar refractivity (Wildman–Crippen MR) is 75.4 cm³/mol. The molecule has 102 valence electrons. The standard InChI is InChI=1S/C15H27N3/c1-2-3-4-5-6-7-8-9-10-11-12-15-13-14-16-18-17-15/h13-14H,2-12H2,1H3. The predicted octanol–water partition coefficient (Wildman–Crippen LogP) is 4.34. The Labute approximate surface area is 111 Å². The summed E-state index contributed by atoms with van der Waals surface area (Å²) in [5.41, 5.74) is 1.07. The van der Waals surface area contributed by atoms with Crippen molar-refractivity contribution in [2.24, 2.45) is 0 Å². The lowest BCUT2D eigenvalue weighted by Gasteiger charge is -2.02. The number of aryl methyl sites for hydroxylation is 1. The minimum atomic E-state index is 1.05. The molecular formula is C15H27N3. The van der Waals surface area contributed by atoms with Crippen LogP contribution in [0.15, 0.2) is 12.3 Å². The lowest BCUT2D eigenvalue weighted by Crippen LogP contribution is -1.94. The van der Waals surface area contributed by atoms with Gasteiger partial charge in [0, 0.05) is 0 Å². The number of hydrogen-bond donors (Lipinski definition) is 0. The molecule has 0 saturated carbocycles. The van der Waals surface area contributed by atoms with Crippen molar-refractivity contribution in [2.45, 2.75) is 77.6 Å². The van der Waals surface area contributed by atoms with Crippen molar-refractivity contribution in [3.8, 4) is 0 Å². The molecule has 18 heavy (non-hydrogen) atoms. The second-order valence-electron chi connectivity index (χ2n) is 5.04. The third-order valence-corrected chi connectivity index (χ3v) is 3.34. The van der Waals surface area contributed by atoms with Crippen molar-refractivity contribution in [1.82, 2.24) is 15.4 Å². The Hall–Kier alpha value is -0.990. The van der Waals surface area contributed by atoms with Crippen LogP contribution in [0.5, 0.6) is 0 Å². The van der Waals surface area contributed by atoms with Crippen LogP contribution in [0.4, 0.5) is 0 Å². The molecule has 1 aromatic rings. The van der Waals surface area contributed by atoms with Crippen LogP contribution in [0.25, 0.3) is 0 Å². The summed E-state index contributed by atoms with van der Waals surface area (Å²) in [6.07, 6.45) is 16.5. The number of nitrogens with zero attached hydrogens (tertiary/aromatic N) is 3. The molecule has 0 aliphatic rings. The highest BCUT2D eigenvalue weighted by Crippen LogP contribution is 2.11. The van der Waals surface area contributed by atoms with Gasteiger partial charge in [0.05, 0.1) is 11.9 Å². The molecular weight excluding hydrogens is 222 g/mol. The van der Waals surface area contributed by atoms with Gasteiger partial charge in [0.2, 0.25) is 0 Å². The molecule has 0 aliphatic carbocycles. The maximum Gasteiger partial charge on any atom is 0.0664 e. The fraction of sp³-hybridized carbons (Fsp3) is 0.800. The summed E-state index contributed by atoms with van der Waals surface area (Å²) < 4.78 is 0. The zero-order valence-electron chi connectivity index (χ0n) is 11.8. The van der Waals surface area contributed by atoms with Crippen LogP contribution in [0, 0.1) is 0 Å². The van der Waals surface area contributed by atoms with Gasteiger partial charge in [-0.15, -0.1) is 10.2 Å². The van der Waals surface area contributed by atoms with Crippen molar-refractivity contribution < 1.29 is 0 Å². The summed E-state index contributed by atoms with van der Waals surface area (Å²) in [6.45, 7) is 2.27. The summed E-state index contributed by atoms with van der Waals surface area (Å²) in [6, 6.07) is 1.96. The van der Waals surface area contributed by atoms with Gasteiger partial charge < -0.3 is 0 Å². The quantitative estimate of drug-likeness (QED) is 0.548. The molecule has 3 heteroatoms. The van der Waals surface area contributed by atoms with E-state index in [4.69, 9.17) is 0 Å². The van der Waals surface area contributed by atoms with E-state index in [9.17, 15) is 0 Å². The fourth-order valence-electron chi connectivity index (χ4n) is 2.19. The van der Waals surface area contributed by atoms with Gasteiger partial charge in [0.1, 0.15) is 0 Å². The highest BCUT2D eigenvalue weighted by Gasteiger charge is 1.95. The molecule has 0 fully saturated rings. The smallest absolute Gasteiger partial charge is 0.0664 e. The Morgan fingerprint density at radius 2 is 1.44 bits per heavy atom. The SMILES string of the molecule is CCCCCCCCCCCCc1ccnnn1. The minimum Gasteiger partial charge on any atom is -0.139 e. The summed E-state index contributed by atoms with van der Waals surface area (Å²) in [7, 11) is 0. The largest absolute Gasteiger partial charge is 0.139 e. The van der Waals surface area contributed by atoms with E-state index in [2.05, 4.69) is 22.3 Å². The van der Waals surface area contributed by atoms with Gasteiger partial charge in [-0.1, -0.05) is 64.7 Å². The van der Waals surface area contributed by atoms with Crippen molar-refractivity contribution in [3.63, 3.8) is 0 Å². The average Bonchev–Trinajstić information content (AvgIpc) is 2.42. The molecule has 0 amide bonds. The minimum absolute atomic E-state index is 1.05. The molecule has 0 aromatic carbocycles. The first-order valence-electron chi connectivity index (χ1n) is 7.56. The molecule has 0 N–H and O–H groups in total. The second-order valence-corrected chi connectivity index (χ2v) is 5.04. The zero-order chi connectivity index (χ0) is 12.9. The van der Waals surface area contributed by atoms with Crippen molar-refractivity contribution in [1.29, 1.82) is 0 Å². The molecule has 0 atom stereocenters. The Balaban J connectivity index is 1.82. The van der Waals surface area contributed by atoms with E-state index < -0.39 is 0 Å². The van der Waals surface area contributed by atoms with E-state index in [1.165, 1.54) is 64.2 Å². The van der Waals surface area contributed by atoms with Crippen molar-refractivity contribution >= 4 is 0 Å². The van der Waals surface area contributed by atoms with Gasteiger partial charge in [0.15, 0.2) is 0 Å². The summed E-state index contributed by atoms with van der Waals surface area (Å²) in [5.74, 6) is 0. The summed E-state index contributed by atoms with van der Waals surface area (Å²) >= 11 is 0. The van der Waals surface area contributed by atoms with E-state index in [1.807, 2.05) is 6.07 Å². The van der Waals surface area contributed by atoms with Crippen LogP contribution in [-0.4, -0.2) is 15.4 Å². The Morgan fingerprint density at radius 3 is 2.00 bits per heavy atom. The highest BCUT2D eigenvalue weighted by atomic mass is 15.3. The lowest BCUT2D eigenvalue weighted by atomic mass is 10.1. The van der Waals surface area contributed by atoms with Crippen LogP contribution >= 0.6 is 0 Å². The molecule has 1 heterocycles. The first kappa shape index (κ1) is 15.1. The molecule has 0 spiro atoms. The molecule has 1 rings (SSSR count). The summed E-state index contributed by atoms with van der Waals surface area (Å²) in [5, 5.41) is 11.3. The first-order valence-corrected chi connectivity index (χ1v) is 7.56. The van der Waals surface area contributed by atoms with E-state index >= 15 is 0 Å². The third kappa shape index (κ3) is 8.15. The fourth-order valence-corrected chi connectivity index (χ4v) is 2.19. The monoisotopic (exact) mass is 249 g/mol. The zero-order valence-corrected chi connectivity index (χ0v) is 11.8. The normalized spacial score (nSPS) is 10.7. The molecule has 0 unspecified atom stereocenters. The topological polar surface area (TPSA) is 38.7 Å². The van der Waals surface area contributed by atoms with Crippen LogP contribution in [-0.2, 0) is 6.42 Å². The highest BCUT2D eigenvalue weighted by molar-refractivity contribution is 4.94. The van der Waals surface area contributed by atoms with Gasteiger partial charge in [-0.25, -0.2) is 0 Å². The van der Waals surface area contributed by atoms with Crippen LogP contribution in [0.2, 0.25) is 0 Å². The van der Waals surface area contributed by atoms with Crippen molar-refractivity contribution in [3.05, 3.63) is 18.0 Å². The Morgan fingerprint density at radius 1 is 0.833 bits per heavy atom. The molecule has 0 saturated heterocycles. The van der Waals surface area contributed by atoms with Crippen LogP contribution < -0.4 is 0 Å². The Kier molecular flexibility index (Phi) is 9.31. The molecule has 0 bridgehead atoms. The number of aromatic nitrogens is 3. The lowest BCUT2D eigenvalue weighted by molar-refractivity contribution is 0.554. The number of hydrogen-bond acceptors (Lipinski definition) is 3. The molecule has 3 nitrogen and oxygen atoms in total. The summed E-state index contributed by atoms with van der Waals surface area (Å²) in [4.78, 5) is 0. The van der Waals surface area contributed by atoms with Crippen LogP contribution in [0.3, 0.4) is 0 Å². The third-order valence-electron chi connectivity index (χ3n) is 3.34. The van der Waals surface area contributed by atoms with Gasteiger partial charge in [-0.3, -0.25) is 0 Å².